The van der Waals surface area contributed by atoms with Crippen LogP contribution >= 0.6 is 0 Å². The minimum Gasteiger partial charge on any atom is -0.354 e. The van der Waals surface area contributed by atoms with Gasteiger partial charge in [0.1, 0.15) is 0 Å². The van der Waals surface area contributed by atoms with Crippen molar-refractivity contribution in [1.29, 1.82) is 0 Å². The second-order valence-corrected chi connectivity index (χ2v) is 5.10. The number of nitrogens with zero attached hydrogens (tertiary/aromatic N) is 2. The first-order chi connectivity index (χ1) is 11.0. The van der Waals surface area contributed by atoms with Gasteiger partial charge in [-0.3, -0.25) is 14.9 Å². The van der Waals surface area contributed by atoms with Crippen LogP contribution in [0.3, 0.4) is 0 Å². The number of imide groups is 1. The van der Waals surface area contributed by atoms with Crippen LogP contribution in [0, 0.1) is 10.1 Å². The summed E-state index contributed by atoms with van der Waals surface area (Å²) in [6.45, 7) is 0.486. The van der Waals surface area contributed by atoms with Gasteiger partial charge in [0, 0.05) is 30.5 Å². The van der Waals surface area contributed by atoms with Gasteiger partial charge in [-0.05, 0) is 12.1 Å². The largest absolute Gasteiger partial charge is 0.436 e. The Hall–Kier alpha value is -2.52. The molecule has 2 atom stereocenters. The third-order valence-corrected chi connectivity index (χ3v) is 3.59. The third-order valence-electron chi connectivity index (χ3n) is 3.59. The summed E-state index contributed by atoms with van der Waals surface area (Å²) in [5.41, 5.74) is 2.54. The van der Waals surface area contributed by atoms with Crippen LogP contribution in [-0.2, 0) is 4.84 Å². The second kappa shape index (κ2) is 7.65. The monoisotopic (exact) mass is 322 g/mol. The predicted octanol–water partition coefficient (Wildman–Crippen LogP) is 0.407. The fraction of sp³-hybridized carbons (Fsp3) is 0.429. The maximum atomic E-state index is 12.6. The van der Waals surface area contributed by atoms with Crippen molar-refractivity contribution >= 4 is 12.0 Å². The zero-order chi connectivity index (χ0) is 16.8. The lowest BCUT2D eigenvalue weighted by molar-refractivity contribution is -0.523. The van der Waals surface area contributed by atoms with Crippen LogP contribution in [-0.4, -0.2) is 54.0 Å². The van der Waals surface area contributed by atoms with E-state index in [1.54, 1.807) is 30.3 Å². The van der Waals surface area contributed by atoms with Crippen LogP contribution in [0.4, 0.5) is 4.79 Å². The van der Waals surface area contributed by atoms with Crippen molar-refractivity contribution in [3.8, 4) is 0 Å². The van der Waals surface area contributed by atoms with Gasteiger partial charge in [-0.25, -0.2) is 9.69 Å². The number of benzene rings is 1. The molecule has 2 unspecified atom stereocenters. The normalized spacial score (nSPS) is 20.6. The Morgan fingerprint density at radius 3 is 2.65 bits per heavy atom. The number of rotatable bonds is 4. The Kier molecular flexibility index (Phi) is 5.61. The SMILES string of the molecule is CNOC(=O)N(C(=O)c1ccccc1)C1CNCC([N+](=O)[O-])C1. The maximum Gasteiger partial charge on any atom is 0.436 e. The quantitative estimate of drug-likeness (QED) is 0.609. The summed E-state index contributed by atoms with van der Waals surface area (Å²) in [6, 6.07) is 6.72. The zero-order valence-corrected chi connectivity index (χ0v) is 12.6. The number of hydrogen-bond acceptors (Lipinski definition) is 7. The summed E-state index contributed by atoms with van der Waals surface area (Å²) in [6.07, 6.45) is -0.811. The number of carbonyl (C=O) groups is 2. The minimum absolute atomic E-state index is 0.0807. The number of hydroxylamine groups is 1. The van der Waals surface area contributed by atoms with Crippen LogP contribution in [0.1, 0.15) is 16.8 Å². The van der Waals surface area contributed by atoms with E-state index in [1.807, 2.05) is 0 Å². The summed E-state index contributed by atoms with van der Waals surface area (Å²) in [5.74, 6) is -0.554. The van der Waals surface area contributed by atoms with E-state index in [0.717, 1.165) is 4.90 Å². The molecule has 2 N–H and O–H groups in total. The predicted molar refractivity (Wildman–Crippen MR) is 80.2 cm³/mol. The summed E-state index contributed by atoms with van der Waals surface area (Å²) >= 11 is 0. The van der Waals surface area contributed by atoms with E-state index >= 15 is 0 Å². The van der Waals surface area contributed by atoms with Gasteiger partial charge in [-0.15, -0.1) is 0 Å². The molecule has 23 heavy (non-hydrogen) atoms. The molecule has 1 heterocycles. The molecule has 9 heteroatoms. The highest BCUT2D eigenvalue weighted by atomic mass is 16.7. The molecular weight excluding hydrogens is 304 g/mol. The van der Waals surface area contributed by atoms with Crippen LogP contribution < -0.4 is 10.8 Å². The molecule has 2 amide bonds. The number of carbonyl (C=O) groups excluding carboxylic acids is 2. The molecule has 124 valence electrons. The van der Waals surface area contributed by atoms with E-state index in [-0.39, 0.29) is 19.5 Å². The Morgan fingerprint density at radius 2 is 2.04 bits per heavy atom. The first-order valence-electron chi connectivity index (χ1n) is 7.15. The molecule has 0 aromatic heterocycles. The molecular formula is C14H18N4O5. The van der Waals surface area contributed by atoms with Gasteiger partial charge < -0.3 is 10.2 Å². The lowest BCUT2D eigenvalue weighted by Gasteiger charge is -2.33. The van der Waals surface area contributed by atoms with E-state index in [4.69, 9.17) is 4.84 Å². The van der Waals surface area contributed by atoms with Crippen molar-refractivity contribution in [3.63, 3.8) is 0 Å². The average Bonchev–Trinajstić information content (AvgIpc) is 2.56. The fourth-order valence-electron chi connectivity index (χ4n) is 2.51. The van der Waals surface area contributed by atoms with E-state index in [2.05, 4.69) is 10.8 Å². The van der Waals surface area contributed by atoms with Crippen LogP contribution in [0.15, 0.2) is 30.3 Å². The summed E-state index contributed by atoms with van der Waals surface area (Å²) in [4.78, 5) is 41.0. The van der Waals surface area contributed by atoms with Gasteiger partial charge in [-0.1, -0.05) is 18.2 Å². The first-order valence-corrected chi connectivity index (χ1v) is 7.15. The smallest absolute Gasteiger partial charge is 0.354 e. The van der Waals surface area contributed by atoms with Gasteiger partial charge in [0.2, 0.25) is 6.04 Å². The summed E-state index contributed by atoms with van der Waals surface area (Å²) < 4.78 is 0. The molecule has 9 nitrogen and oxygen atoms in total. The van der Waals surface area contributed by atoms with Crippen molar-refractivity contribution in [2.45, 2.75) is 18.5 Å². The van der Waals surface area contributed by atoms with E-state index in [9.17, 15) is 19.7 Å². The molecule has 0 saturated carbocycles. The highest BCUT2D eigenvalue weighted by Gasteiger charge is 2.39. The Bertz CT molecular complexity index is 580. The number of piperidine rings is 1. The number of nitrogens with one attached hydrogen (secondary N) is 2. The molecule has 1 aliphatic rings. The van der Waals surface area contributed by atoms with Crippen molar-refractivity contribution in [1.82, 2.24) is 15.7 Å². The van der Waals surface area contributed by atoms with Crippen molar-refractivity contribution in [2.24, 2.45) is 0 Å². The molecule has 0 spiro atoms. The van der Waals surface area contributed by atoms with E-state index in [1.165, 1.54) is 7.05 Å². The molecule has 1 aromatic rings. The third kappa shape index (κ3) is 4.02. The number of nitro groups is 1. The minimum atomic E-state index is -0.892. The highest BCUT2D eigenvalue weighted by Crippen LogP contribution is 2.17. The Balaban J connectivity index is 2.25. The van der Waals surface area contributed by atoms with Crippen LogP contribution in [0.2, 0.25) is 0 Å². The lowest BCUT2D eigenvalue weighted by Crippen LogP contribution is -2.56. The molecule has 0 bridgehead atoms. The molecule has 2 rings (SSSR count). The molecule has 1 saturated heterocycles. The van der Waals surface area contributed by atoms with E-state index in [0.29, 0.717) is 5.56 Å². The van der Waals surface area contributed by atoms with Crippen molar-refractivity contribution < 1.29 is 19.3 Å². The van der Waals surface area contributed by atoms with E-state index < -0.39 is 29.0 Å². The second-order valence-electron chi connectivity index (χ2n) is 5.10. The summed E-state index contributed by atoms with van der Waals surface area (Å²) in [5, 5.41) is 13.9. The highest BCUT2D eigenvalue weighted by molar-refractivity contribution is 6.03. The van der Waals surface area contributed by atoms with Crippen molar-refractivity contribution in [2.75, 3.05) is 20.1 Å². The van der Waals surface area contributed by atoms with Gasteiger partial charge in [0.25, 0.3) is 5.91 Å². The summed E-state index contributed by atoms with van der Waals surface area (Å²) in [7, 11) is 1.39. The Labute approximate surface area is 132 Å². The molecule has 0 radical (unpaired) electrons. The fourth-order valence-corrected chi connectivity index (χ4v) is 2.51. The maximum absolute atomic E-state index is 12.6. The standard InChI is InChI=1S/C14H18N4O5/c1-15-23-14(20)17(13(19)10-5-3-2-4-6-10)11-7-12(18(21)22)9-16-8-11/h2-6,11-12,15-16H,7-9H2,1H3. The van der Waals surface area contributed by atoms with Crippen molar-refractivity contribution in [3.05, 3.63) is 46.0 Å². The number of hydrogen-bond donors (Lipinski definition) is 2. The average molecular weight is 322 g/mol. The first kappa shape index (κ1) is 16.8. The van der Waals surface area contributed by atoms with Gasteiger partial charge in [0.05, 0.1) is 12.6 Å². The molecule has 1 aliphatic heterocycles. The molecule has 1 fully saturated rings. The molecule has 1 aromatic carbocycles. The van der Waals surface area contributed by atoms with Gasteiger partial charge in [0.15, 0.2) is 0 Å². The number of amides is 2. The van der Waals surface area contributed by atoms with Crippen LogP contribution in [0.25, 0.3) is 0 Å². The lowest BCUT2D eigenvalue weighted by atomic mass is 10.0. The molecule has 0 aliphatic carbocycles. The van der Waals surface area contributed by atoms with Gasteiger partial charge in [-0.2, -0.15) is 5.48 Å². The van der Waals surface area contributed by atoms with Crippen LogP contribution in [0.5, 0.6) is 0 Å². The zero-order valence-electron chi connectivity index (χ0n) is 12.6. The van der Waals surface area contributed by atoms with Gasteiger partial charge >= 0.3 is 6.09 Å². The Morgan fingerprint density at radius 1 is 1.35 bits per heavy atom. The topological polar surface area (TPSA) is 114 Å².